The number of aromatic nitrogens is 3. The summed E-state index contributed by atoms with van der Waals surface area (Å²) in [6, 6.07) is 17.7. The van der Waals surface area contributed by atoms with Gasteiger partial charge in [-0.25, -0.2) is 4.68 Å². The number of hydrogen-bond acceptors (Lipinski definition) is 3. The lowest BCUT2D eigenvalue weighted by atomic mass is 9.93. The predicted octanol–water partition coefficient (Wildman–Crippen LogP) is 4.75. The molecule has 3 aromatic rings. The first kappa shape index (κ1) is 15.4. The van der Waals surface area contributed by atoms with Crippen molar-refractivity contribution in [3.05, 3.63) is 76.0 Å². The maximum absolute atomic E-state index is 4.43. The second-order valence-electron chi connectivity index (χ2n) is 6.13. The molecule has 0 spiro atoms. The van der Waals surface area contributed by atoms with Gasteiger partial charge in [0.1, 0.15) is 6.33 Å². The van der Waals surface area contributed by atoms with E-state index in [0.29, 0.717) is 0 Å². The molecule has 0 amide bonds. The van der Waals surface area contributed by atoms with E-state index >= 15 is 0 Å². The molecule has 5 heteroatoms. The third kappa shape index (κ3) is 2.84. The number of nitrogens with one attached hydrogen (secondary N) is 1. The third-order valence-electron chi connectivity index (χ3n) is 4.65. The van der Waals surface area contributed by atoms with E-state index in [9.17, 15) is 0 Å². The number of anilines is 1. The van der Waals surface area contributed by atoms with Crippen LogP contribution in [0.1, 0.15) is 42.1 Å². The third-order valence-corrected chi connectivity index (χ3v) is 5.15. The number of nitrogens with zero attached hydrogens (tertiary/aromatic N) is 3. The van der Waals surface area contributed by atoms with E-state index in [1.165, 1.54) is 16.7 Å². The highest BCUT2D eigenvalue weighted by Gasteiger charge is 2.29. The second kappa shape index (κ2) is 6.40. The van der Waals surface area contributed by atoms with Gasteiger partial charge >= 0.3 is 0 Å². The van der Waals surface area contributed by atoms with Crippen molar-refractivity contribution in [3.8, 4) is 0 Å². The first-order valence-electron chi connectivity index (χ1n) is 8.25. The summed E-state index contributed by atoms with van der Waals surface area (Å²) in [5.41, 5.74) is 3.90. The Labute approximate surface area is 150 Å². The Kier molecular flexibility index (Phi) is 4.10. The summed E-state index contributed by atoms with van der Waals surface area (Å²) in [7, 11) is 0. The molecule has 2 unspecified atom stereocenters. The lowest BCUT2D eigenvalue weighted by Gasteiger charge is -2.32. The Morgan fingerprint density at radius 2 is 2.00 bits per heavy atom. The number of aryl methyl sites for hydroxylation is 1. The van der Waals surface area contributed by atoms with E-state index in [0.717, 1.165) is 23.3 Å². The normalized spacial score (nSPS) is 19.6. The van der Waals surface area contributed by atoms with Gasteiger partial charge in [0, 0.05) is 4.47 Å². The van der Waals surface area contributed by atoms with Crippen molar-refractivity contribution in [2.45, 2.75) is 31.8 Å². The van der Waals surface area contributed by atoms with Crippen LogP contribution in [-0.2, 0) is 6.42 Å². The molecule has 1 N–H and O–H groups in total. The molecule has 1 aromatic heterocycles. The van der Waals surface area contributed by atoms with Crippen LogP contribution in [0.5, 0.6) is 0 Å². The number of hydrogen-bond donors (Lipinski definition) is 1. The van der Waals surface area contributed by atoms with Crippen molar-refractivity contribution < 1.29 is 0 Å². The minimum absolute atomic E-state index is 0.178. The lowest BCUT2D eigenvalue weighted by Crippen LogP contribution is -2.28. The Balaban J connectivity index is 1.70. The molecule has 122 valence electrons. The van der Waals surface area contributed by atoms with Gasteiger partial charge in [-0.2, -0.15) is 10.1 Å². The number of halogens is 1. The van der Waals surface area contributed by atoms with E-state index in [1.54, 1.807) is 6.33 Å². The van der Waals surface area contributed by atoms with Crippen LogP contribution in [0.2, 0.25) is 0 Å². The van der Waals surface area contributed by atoms with Gasteiger partial charge in [-0.05, 0) is 41.7 Å². The Morgan fingerprint density at radius 1 is 1.17 bits per heavy atom. The van der Waals surface area contributed by atoms with Crippen LogP contribution in [0.3, 0.4) is 0 Å². The van der Waals surface area contributed by atoms with E-state index < -0.39 is 0 Å². The van der Waals surface area contributed by atoms with Crippen molar-refractivity contribution in [1.82, 2.24) is 14.8 Å². The maximum Gasteiger partial charge on any atom is 0.222 e. The molecule has 4 rings (SSSR count). The first-order valence-corrected chi connectivity index (χ1v) is 9.04. The maximum atomic E-state index is 4.43. The molecule has 0 saturated heterocycles. The first-order chi connectivity index (χ1) is 11.7. The molecule has 2 atom stereocenters. The fraction of sp³-hybridized carbons (Fsp3) is 0.263. The smallest absolute Gasteiger partial charge is 0.222 e. The molecule has 4 nitrogen and oxygen atoms in total. The fourth-order valence-electron chi connectivity index (χ4n) is 3.32. The van der Waals surface area contributed by atoms with E-state index in [1.807, 2.05) is 10.7 Å². The molecule has 0 bridgehead atoms. The van der Waals surface area contributed by atoms with Gasteiger partial charge in [0.2, 0.25) is 5.95 Å². The molecule has 1 aliphatic heterocycles. The average molecular weight is 383 g/mol. The summed E-state index contributed by atoms with van der Waals surface area (Å²) in [5.74, 6) is 0.829. The van der Waals surface area contributed by atoms with Crippen LogP contribution in [0.25, 0.3) is 0 Å². The van der Waals surface area contributed by atoms with Crippen LogP contribution >= 0.6 is 15.9 Å². The standard InChI is InChI=1S/C19H19BrN4/c1-2-13-6-8-14(9-7-13)17-11-18(15-4-3-5-16(20)10-15)24-19(23-17)21-12-22-24/h3-10,12,17-18H,2,11H2,1H3,(H,21,22,23). The molecule has 2 aromatic carbocycles. The summed E-state index contributed by atoms with van der Waals surface area (Å²) in [5, 5.41) is 7.95. The summed E-state index contributed by atoms with van der Waals surface area (Å²) in [6.07, 6.45) is 3.63. The molecule has 24 heavy (non-hydrogen) atoms. The van der Waals surface area contributed by atoms with E-state index in [2.05, 4.69) is 80.7 Å². The number of rotatable bonds is 3. The van der Waals surface area contributed by atoms with E-state index in [-0.39, 0.29) is 12.1 Å². The molecule has 0 radical (unpaired) electrons. The highest BCUT2D eigenvalue weighted by Crippen LogP contribution is 2.37. The monoisotopic (exact) mass is 382 g/mol. The van der Waals surface area contributed by atoms with Gasteiger partial charge in [-0.3, -0.25) is 0 Å². The van der Waals surface area contributed by atoms with Crippen LogP contribution in [-0.4, -0.2) is 14.8 Å². The predicted molar refractivity (Wildman–Crippen MR) is 99.1 cm³/mol. The number of benzene rings is 2. The van der Waals surface area contributed by atoms with Crippen molar-refractivity contribution >= 4 is 21.9 Å². The fourth-order valence-corrected chi connectivity index (χ4v) is 3.73. The van der Waals surface area contributed by atoms with Crippen LogP contribution in [0.15, 0.2) is 59.3 Å². The molecule has 0 fully saturated rings. The minimum Gasteiger partial charge on any atom is -0.348 e. The summed E-state index contributed by atoms with van der Waals surface area (Å²) >= 11 is 3.57. The molecule has 1 aliphatic rings. The quantitative estimate of drug-likeness (QED) is 0.710. The van der Waals surface area contributed by atoms with Crippen LogP contribution in [0.4, 0.5) is 5.95 Å². The highest BCUT2D eigenvalue weighted by molar-refractivity contribution is 9.10. The zero-order chi connectivity index (χ0) is 16.5. The van der Waals surface area contributed by atoms with Crippen molar-refractivity contribution in [1.29, 1.82) is 0 Å². The highest BCUT2D eigenvalue weighted by atomic mass is 79.9. The van der Waals surface area contributed by atoms with Gasteiger partial charge in [-0.15, -0.1) is 0 Å². The summed E-state index contributed by atoms with van der Waals surface area (Å²) in [6.45, 7) is 2.18. The zero-order valence-electron chi connectivity index (χ0n) is 13.5. The zero-order valence-corrected chi connectivity index (χ0v) is 15.1. The topological polar surface area (TPSA) is 42.7 Å². The average Bonchev–Trinajstić information content (AvgIpc) is 3.09. The molecule has 0 saturated carbocycles. The Hall–Kier alpha value is -2.14. The van der Waals surface area contributed by atoms with Crippen LogP contribution in [0, 0.1) is 0 Å². The largest absolute Gasteiger partial charge is 0.348 e. The van der Waals surface area contributed by atoms with Gasteiger partial charge in [-0.1, -0.05) is 59.3 Å². The van der Waals surface area contributed by atoms with Gasteiger partial charge in [0.15, 0.2) is 0 Å². The SMILES string of the molecule is CCc1ccc(C2CC(c3cccc(Br)c3)n3ncnc3N2)cc1. The minimum atomic E-state index is 0.178. The summed E-state index contributed by atoms with van der Waals surface area (Å²) in [4.78, 5) is 4.39. The van der Waals surface area contributed by atoms with Gasteiger partial charge in [0.25, 0.3) is 0 Å². The van der Waals surface area contributed by atoms with Gasteiger partial charge in [0.05, 0.1) is 12.1 Å². The molecule has 2 heterocycles. The van der Waals surface area contributed by atoms with Crippen LogP contribution < -0.4 is 5.32 Å². The second-order valence-corrected chi connectivity index (χ2v) is 7.04. The summed E-state index contributed by atoms with van der Waals surface area (Å²) < 4.78 is 3.07. The Morgan fingerprint density at radius 3 is 2.75 bits per heavy atom. The molecule has 0 aliphatic carbocycles. The Bertz CT molecular complexity index is 841. The van der Waals surface area contributed by atoms with Crippen molar-refractivity contribution in [2.24, 2.45) is 0 Å². The molecular formula is C19H19BrN4. The van der Waals surface area contributed by atoms with Gasteiger partial charge < -0.3 is 5.32 Å². The lowest BCUT2D eigenvalue weighted by molar-refractivity contribution is 0.430. The van der Waals surface area contributed by atoms with Crippen molar-refractivity contribution in [3.63, 3.8) is 0 Å². The van der Waals surface area contributed by atoms with E-state index in [4.69, 9.17) is 0 Å². The molecular weight excluding hydrogens is 364 g/mol. The number of fused-ring (bicyclic) bond motifs is 1. The van der Waals surface area contributed by atoms with Crippen molar-refractivity contribution in [2.75, 3.05) is 5.32 Å².